The molecule has 1 aromatic heterocycles. The summed E-state index contributed by atoms with van der Waals surface area (Å²) in [5.41, 5.74) is 4.32. The number of hydrogen-bond donors (Lipinski definition) is 1. The van der Waals surface area contributed by atoms with Crippen molar-refractivity contribution in [2.45, 2.75) is 4.90 Å². The lowest BCUT2D eigenvalue weighted by molar-refractivity contribution is -0.113. The Hall–Kier alpha value is -3.77. The third-order valence-corrected chi connectivity index (χ3v) is 6.15. The Balaban J connectivity index is 1.31. The lowest BCUT2D eigenvalue weighted by Crippen LogP contribution is -2.15. The van der Waals surface area contributed by atoms with Crippen LogP contribution in [0.5, 0.6) is 11.5 Å². The highest BCUT2D eigenvalue weighted by molar-refractivity contribution is 8.00. The number of aromatic nitrogens is 1. The fraction of sp³-hybridized carbons (Fsp3) is 0.111. The Kier molecular flexibility index (Phi) is 6.26. The third-order valence-electron chi connectivity index (χ3n) is 5.14. The van der Waals surface area contributed by atoms with Crippen LogP contribution >= 0.6 is 11.8 Å². The van der Waals surface area contributed by atoms with Gasteiger partial charge in [0.2, 0.25) is 5.91 Å². The smallest absolute Gasteiger partial charge is 0.234 e. The molecular formula is C27H22N2O3S. The quantitative estimate of drug-likeness (QED) is 0.367. The molecule has 0 atom stereocenters. The number of nitrogens with one attached hydrogen (secondary N) is 1. The number of pyridine rings is 1. The summed E-state index contributed by atoms with van der Waals surface area (Å²) in [7, 11) is 0. The molecule has 0 bridgehead atoms. The number of ether oxygens (including phenoxy) is 2. The van der Waals surface area contributed by atoms with Gasteiger partial charge in [-0.05, 0) is 54.6 Å². The maximum atomic E-state index is 12.4. The highest BCUT2D eigenvalue weighted by Crippen LogP contribution is 2.34. The van der Waals surface area contributed by atoms with Crippen molar-refractivity contribution in [2.24, 2.45) is 0 Å². The van der Waals surface area contributed by atoms with E-state index < -0.39 is 0 Å². The monoisotopic (exact) mass is 454 g/mol. The van der Waals surface area contributed by atoms with E-state index in [-0.39, 0.29) is 5.91 Å². The predicted octanol–water partition coefficient (Wildman–Crippen LogP) is 5.92. The van der Waals surface area contributed by atoms with E-state index in [0.717, 1.165) is 44.6 Å². The van der Waals surface area contributed by atoms with Gasteiger partial charge in [0.05, 0.1) is 17.1 Å². The van der Waals surface area contributed by atoms with Gasteiger partial charge in [0.15, 0.2) is 11.5 Å². The van der Waals surface area contributed by atoms with Crippen molar-refractivity contribution < 1.29 is 14.3 Å². The van der Waals surface area contributed by atoms with Crippen LogP contribution in [0, 0.1) is 0 Å². The second-order valence-electron chi connectivity index (χ2n) is 7.50. The number of benzene rings is 3. The molecule has 3 aromatic carbocycles. The van der Waals surface area contributed by atoms with Crippen LogP contribution in [0.1, 0.15) is 0 Å². The fourth-order valence-corrected chi connectivity index (χ4v) is 4.30. The Labute approximate surface area is 196 Å². The minimum absolute atomic E-state index is 0.0426. The predicted molar refractivity (Wildman–Crippen MR) is 132 cm³/mol. The molecule has 1 aliphatic heterocycles. The summed E-state index contributed by atoms with van der Waals surface area (Å²) in [5.74, 6) is 1.81. The van der Waals surface area contributed by atoms with Crippen molar-refractivity contribution in [1.29, 1.82) is 0 Å². The van der Waals surface area contributed by atoms with Crippen molar-refractivity contribution in [2.75, 3.05) is 24.3 Å². The molecule has 0 saturated heterocycles. The maximum Gasteiger partial charge on any atom is 0.234 e. The molecule has 1 aliphatic rings. The summed E-state index contributed by atoms with van der Waals surface area (Å²) in [6.07, 6.45) is 0. The number of hydrogen-bond acceptors (Lipinski definition) is 5. The molecule has 0 aliphatic carbocycles. The van der Waals surface area contributed by atoms with Gasteiger partial charge < -0.3 is 14.8 Å². The van der Waals surface area contributed by atoms with Crippen molar-refractivity contribution in [1.82, 2.24) is 4.98 Å². The van der Waals surface area contributed by atoms with Gasteiger partial charge in [-0.3, -0.25) is 4.79 Å². The van der Waals surface area contributed by atoms with Crippen molar-refractivity contribution in [3.63, 3.8) is 0 Å². The number of nitrogens with zero attached hydrogens (tertiary/aromatic N) is 1. The maximum absolute atomic E-state index is 12.4. The van der Waals surface area contributed by atoms with Crippen LogP contribution in [-0.4, -0.2) is 29.9 Å². The van der Waals surface area contributed by atoms with E-state index in [2.05, 4.69) is 5.32 Å². The number of carbonyl (C=O) groups is 1. The molecule has 4 aromatic rings. The van der Waals surface area contributed by atoms with Gasteiger partial charge in [-0.25, -0.2) is 4.98 Å². The molecule has 5 nitrogen and oxygen atoms in total. The first-order valence-electron chi connectivity index (χ1n) is 10.7. The third kappa shape index (κ3) is 5.18. The average Bonchev–Trinajstić information content (AvgIpc) is 2.88. The second-order valence-corrected chi connectivity index (χ2v) is 8.55. The minimum Gasteiger partial charge on any atom is -0.486 e. The molecule has 1 amide bonds. The lowest BCUT2D eigenvalue weighted by atomic mass is 10.1. The number of rotatable bonds is 6. The SMILES string of the molecule is O=C(CSc1ccccc1)Nc1cccc(-c2cccc(-c3ccc4c(c3)OCCO4)n2)c1. The second kappa shape index (κ2) is 9.79. The van der Waals surface area contributed by atoms with Gasteiger partial charge in [0, 0.05) is 21.7 Å². The van der Waals surface area contributed by atoms with E-state index in [4.69, 9.17) is 14.5 Å². The summed E-state index contributed by atoms with van der Waals surface area (Å²) in [4.78, 5) is 18.3. The van der Waals surface area contributed by atoms with Gasteiger partial charge in [0.25, 0.3) is 0 Å². The highest BCUT2D eigenvalue weighted by Gasteiger charge is 2.13. The lowest BCUT2D eigenvalue weighted by Gasteiger charge is -2.18. The molecule has 33 heavy (non-hydrogen) atoms. The molecule has 0 spiro atoms. The summed E-state index contributed by atoms with van der Waals surface area (Å²) < 4.78 is 11.3. The van der Waals surface area contributed by atoms with Crippen LogP contribution in [0.2, 0.25) is 0 Å². The van der Waals surface area contributed by atoms with Crippen LogP contribution in [0.3, 0.4) is 0 Å². The fourth-order valence-electron chi connectivity index (χ4n) is 3.58. The largest absolute Gasteiger partial charge is 0.486 e. The zero-order valence-corrected chi connectivity index (χ0v) is 18.7. The van der Waals surface area contributed by atoms with E-state index >= 15 is 0 Å². The number of anilines is 1. The zero-order valence-electron chi connectivity index (χ0n) is 17.9. The minimum atomic E-state index is -0.0426. The van der Waals surface area contributed by atoms with Gasteiger partial charge in [0.1, 0.15) is 13.2 Å². The van der Waals surface area contributed by atoms with Crippen LogP contribution in [0.25, 0.3) is 22.5 Å². The molecule has 5 rings (SSSR count). The number of thioether (sulfide) groups is 1. The van der Waals surface area contributed by atoms with Gasteiger partial charge in [-0.1, -0.05) is 36.4 Å². The Morgan fingerprint density at radius 3 is 2.33 bits per heavy atom. The average molecular weight is 455 g/mol. The van der Waals surface area contributed by atoms with Gasteiger partial charge in [-0.15, -0.1) is 11.8 Å². The van der Waals surface area contributed by atoms with E-state index in [1.165, 1.54) is 11.8 Å². The molecule has 1 N–H and O–H groups in total. The molecule has 0 radical (unpaired) electrons. The van der Waals surface area contributed by atoms with E-state index in [1.54, 1.807) is 0 Å². The van der Waals surface area contributed by atoms with Crippen LogP contribution < -0.4 is 14.8 Å². The standard InChI is InChI=1S/C27H22N2O3S/c30-27(18-33-22-8-2-1-3-9-22)28-21-7-4-6-19(16-21)23-10-5-11-24(29-23)20-12-13-25-26(17-20)32-15-14-31-25/h1-13,16-17H,14-15,18H2,(H,28,30). The first-order chi connectivity index (χ1) is 16.2. The molecule has 6 heteroatoms. The normalized spacial score (nSPS) is 12.2. The Bertz CT molecular complexity index is 1280. The molecular weight excluding hydrogens is 432 g/mol. The van der Waals surface area contributed by atoms with E-state index in [0.29, 0.717) is 19.0 Å². The first kappa shape index (κ1) is 21.1. The van der Waals surface area contributed by atoms with Crippen LogP contribution in [0.4, 0.5) is 5.69 Å². The molecule has 0 fully saturated rings. The summed E-state index contributed by atoms with van der Waals surface area (Å²) in [5, 5.41) is 2.98. The van der Waals surface area contributed by atoms with E-state index in [9.17, 15) is 4.79 Å². The van der Waals surface area contributed by atoms with Crippen molar-refractivity contribution in [3.05, 3.63) is 91.0 Å². The number of amides is 1. The van der Waals surface area contributed by atoms with E-state index in [1.807, 2.05) is 91.0 Å². The topological polar surface area (TPSA) is 60.5 Å². The molecule has 0 saturated carbocycles. The highest BCUT2D eigenvalue weighted by atomic mass is 32.2. The Morgan fingerprint density at radius 2 is 1.52 bits per heavy atom. The number of fused-ring (bicyclic) bond motifs is 1. The van der Waals surface area contributed by atoms with Crippen molar-refractivity contribution in [3.8, 4) is 34.0 Å². The summed E-state index contributed by atoms with van der Waals surface area (Å²) in [6, 6.07) is 29.4. The first-order valence-corrected chi connectivity index (χ1v) is 11.7. The van der Waals surface area contributed by atoms with Crippen LogP contribution in [0.15, 0.2) is 95.9 Å². The van der Waals surface area contributed by atoms with Gasteiger partial charge in [-0.2, -0.15) is 0 Å². The summed E-state index contributed by atoms with van der Waals surface area (Å²) >= 11 is 1.51. The Morgan fingerprint density at radius 1 is 0.788 bits per heavy atom. The zero-order chi connectivity index (χ0) is 22.5. The van der Waals surface area contributed by atoms with Crippen LogP contribution in [-0.2, 0) is 4.79 Å². The van der Waals surface area contributed by atoms with Gasteiger partial charge >= 0.3 is 0 Å². The molecule has 164 valence electrons. The summed E-state index contributed by atoms with van der Waals surface area (Å²) in [6.45, 7) is 1.12. The van der Waals surface area contributed by atoms with Crippen molar-refractivity contribution >= 4 is 23.4 Å². The molecule has 0 unspecified atom stereocenters. The number of carbonyl (C=O) groups excluding carboxylic acids is 1. The molecule has 2 heterocycles.